The minimum Gasteiger partial charge on any atom is -0.384 e. The second kappa shape index (κ2) is 6.67. The standard InChI is InChI=1S/C19H19N5O2S/c20-11-15-17-16(23-12-22-15)18(27(25,26)14-9-5-2-6-10-14)19(21)24(17)13-7-3-1-4-8-13/h2,5-6,9-10,12-13H,1,3-4,7-8,21H2. The molecular formula is C19H19N5O2S. The Morgan fingerprint density at radius 2 is 1.81 bits per heavy atom. The van der Waals surface area contributed by atoms with Gasteiger partial charge in [0.05, 0.1) is 4.90 Å². The van der Waals surface area contributed by atoms with Crippen molar-refractivity contribution in [1.82, 2.24) is 14.5 Å². The maximum atomic E-state index is 13.3. The van der Waals surface area contributed by atoms with Gasteiger partial charge in [0.25, 0.3) is 0 Å². The second-order valence-corrected chi connectivity index (χ2v) is 8.61. The fourth-order valence-corrected chi connectivity index (χ4v) is 5.44. The molecule has 0 radical (unpaired) electrons. The second-order valence-electron chi connectivity index (χ2n) is 6.72. The van der Waals surface area contributed by atoms with Crippen LogP contribution in [0.25, 0.3) is 11.0 Å². The van der Waals surface area contributed by atoms with Crippen LogP contribution in [-0.4, -0.2) is 23.0 Å². The zero-order valence-electron chi connectivity index (χ0n) is 14.7. The summed E-state index contributed by atoms with van der Waals surface area (Å²) >= 11 is 0. The highest BCUT2D eigenvalue weighted by molar-refractivity contribution is 7.92. The number of nitrogen functional groups attached to an aromatic ring is 1. The Labute approximate surface area is 157 Å². The molecule has 27 heavy (non-hydrogen) atoms. The van der Waals surface area contributed by atoms with Crippen LogP contribution < -0.4 is 5.73 Å². The van der Waals surface area contributed by atoms with Gasteiger partial charge in [0.15, 0.2) is 5.69 Å². The van der Waals surface area contributed by atoms with Crippen molar-refractivity contribution in [3.63, 3.8) is 0 Å². The first kappa shape index (κ1) is 17.5. The molecular weight excluding hydrogens is 362 g/mol. The summed E-state index contributed by atoms with van der Waals surface area (Å²) in [6.45, 7) is 0. The maximum Gasteiger partial charge on any atom is 0.212 e. The number of benzene rings is 1. The Kier molecular flexibility index (Phi) is 4.32. The number of hydrogen-bond donors (Lipinski definition) is 1. The first-order valence-electron chi connectivity index (χ1n) is 8.90. The van der Waals surface area contributed by atoms with Gasteiger partial charge in [-0.25, -0.2) is 18.4 Å². The van der Waals surface area contributed by atoms with E-state index >= 15 is 0 Å². The molecule has 1 saturated carbocycles. The molecule has 0 saturated heterocycles. The summed E-state index contributed by atoms with van der Waals surface area (Å²) in [7, 11) is -3.88. The van der Waals surface area contributed by atoms with E-state index in [1.165, 1.54) is 18.5 Å². The van der Waals surface area contributed by atoms with Crippen molar-refractivity contribution in [2.45, 2.75) is 47.9 Å². The largest absolute Gasteiger partial charge is 0.384 e. The van der Waals surface area contributed by atoms with E-state index < -0.39 is 9.84 Å². The van der Waals surface area contributed by atoms with Gasteiger partial charge in [0.2, 0.25) is 9.84 Å². The van der Waals surface area contributed by atoms with Crippen molar-refractivity contribution in [3.8, 4) is 6.07 Å². The Morgan fingerprint density at radius 1 is 1.11 bits per heavy atom. The summed E-state index contributed by atoms with van der Waals surface area (Å²) in [4.78, 5) is 8.38. The van der Waals surface area contributed by atoms with Crippen molar-refractivity contribution in [1.29, 1.82) is 5.26 Å². The fourth-order valence-electron chi connectivity index (χ4n) is 3.91. The number of nitrogens with zero attached hydrogens (tertiary/aromatic N) is 4. The van der Waals surface area contributed by atoms with E-state index in [2.05, 4.69) is 16.0 Å². The van der Waals surface area contributed by atoms with Gasteiger partial charge in [0, 0.05) is 6.04 Å². The smallest absolute Gasteiger partial charge is 0.212 e. The van der Waals surface area contributed by atoms with Gasteiger partial charge >= 0.3 is 0 Å². The molecule has 2 heterocycles. The molecule has 7 nitrogen and oxygen atoms in total. The molecule has 0 atom stereocenters. The number of hydrogen-bond acceptors (Lipinski definition) is 6. The number of nitrogens with two attached hydrogens (primary N) is 1. The molecule has 1 aromatic carbocycles. The fraction of sp³-hybridized carbons (Fsp3) is 0.316. The molecule has 1 aliphatic carbocycles. The van der Waals surface area contributed by atoms with E-state index in [1.54, 1.807) is 22.8 Å². The van der Waals surface area contributed by atoms with Gasteiger partial charge in [-0.3, -0.25) is 0 Å². The van der Waals surface area contributed by atoms with E-state index in [1.807, 2.05) is 0 Å². The van der Waals surface area contributed by atoms with Crippen LogP contribution in [0.2, 0.25) is 0 Å². The lowest BCUT2D eigenvalue weighted by Crippen LogP contribution is -2.16. The third-order valence-electron chi connectivity index (χ3n) is 5.14. The molecule has 2 aromatic heterocycles. The highest BCUT2D eigenvalue weighted by Gasteiger charge is 2.33. The predicted octanol–water partition coefficient (Wildman–Crippen LogP) is 3.22. The van der Waals surface area contributed by atoms with E-state index in [9.17, 15) is 13.7 Å². The Balaban J connectivity index is 2.06. The first-order chi connectivity index (χ1) is 13.1. The van der Waals surface area contributed by atoms with Crippen LogP contribution in [-0.2, 0) is 9.84 Å². The van der Waals surface area contributed by atoms with Crippen molar-refractivity contribution in [2.24, 2.45) is 0 Å². The Bertz CT molecular complexity index is 1140. The van der Waals surface area contributed by atoms with E-state index in [4.69, 9.17) is 5.73 Å². The molecule has 2 N–H and O–H groups in total. The van der Waals surface area contributed by atoms with Crippen molar-refractivity contribution < 1.29 is 8.42 Å². The SMILES string of the molecule is N#Cc1ncnc2c(S(=O)(=O)c3ccccc3)c(N)n(C3CCCCC3)c12. The van der Waals surface area contributed by atoms with Crippen LogP contribution >= 0.6 is 0 Å². The number of rotatable bonds is 3. The Morgan fingerprint density at radius 3 is 2.48 bits per heavy atom. The Hall–Kier alpha value is -2.92. The van der Waals surface area contributed by atoms with Crippen molar-refractivity contribution in [3.05, 3.63) is 42.4 Å². The molecule has 0 unspecified atom stereocenters. The minimum atomic E-state index is -3.88. The number of nitriles is 1. The predicted molar refractivity (Wildman–Crippen MR) is 101 cm³/mol. The van der Waals surface area contributed by atoms with Gasteiger partial charge in [-0.05, 0) is 25.0 Å². The molecule has 1 aliphatic rings. The molecule has 8 heteroatoms. The van der Waals surface area contributed by atoms with Crippen LogP contribution in [0.1, 0.15) is 43.8 Å². The summed E-state index contributed by atoms with van der Waals surface area (Å²) in [5.74, 6) is 0.137. The van der Waals surface area contributed by atoms with E-state index in [-0.39, 0.29) is 32.9 Å². The molecule has 0 spiro atoms. The van der Waals surface area contributed by atoms with Gasteiger partial charge < -0.3 is 10.3 Å². The number of sulfone groups is 1. The summed E-state index contributed by atoms with van der Waals surface area (Å²) < 4.78 is 28.4. The molecule has 1 fully saturated rings. The molecule has 0 bridgehead atoms. The average Bonchev–Trinajstić information content (AvgIpc) is 3.01. The van der Waals surface area contributed by atoms with Gasteiger partial charge in [-0.2, -0.15) is 5.26 Å². The quantitative estimate of drug-likeness (QED) is 0.745. The minimum absolute atomic E-state index is 0.0341. The van der Waals surface area contributed by atoms with Crippen molar-refractivity contribution >= 4 is 26.7 Å². The average molecular weight is 381 g/mol. The zero-order chi connectivity index (χ0) is 19.0. The van der Waals surface area contributed by atoms with Crippen LogP contribution in [0.5, 0.6) is 0 Å². The topological polar surface area (TPSA) is 115 Å². The van der Waals surface area contributed by atoms with E-state index in [0.29, 0.717) is 5.52 Å². The highest BCUT2D eigenvalue weighted by atomic mass is 32.2. The summed E-state index contributed by atoms with van der Waals surface area (Å²) in [6, 6.07) is 10.3. The summed E-state index contributed by atoms with van der Waals surface area (Å²) in [5, 5.41) is 9.53. The lowest BCUT2D eigenvalue weighted by molar-refractivity contribution is 0.363. The first-order valence-corrected chi connectivity index (χ1v) is 10.4. The lowest BCUT2D eigenvalue weighted by atomic mass is 9.95. The normalized spacial score (nSPS) is 15.7. The lowest BCUT2D eigenvalue weighted by Gasteiger charge is -2.25. The summed E-state index contributed by atoms with van der Waals surface area (Å²) in [5.41, 5.74) is 7.18. The zero-order valence-corrected chi connectivity index (χ0v) is 15.5. The molecule has 138 valence electrons. The van der Waals surface area contributed by atoms with Crippen molar-refractivity contribution in [2.75, 3.05) is 5.73 Å². The van der Waals surface area contributed by atoms with Crippen LogP contribution in [0, 0.1) is 11.3 Å². The number of fused-ring (bicyclic) bond motifs is 1. The maximum absolute atomic E-state index is 13.3. The molecule has 4 rings (SSSR count). The third kappa shape index (κ3) is 2.75. The highest BCUT2D eigenvalue weighted by Crippen LogP contribution is 2.41. The number of anilines is 1. The summed E-state index contributed by atoms with van der Waals surface area (Å²) in [6.07, 6.45) is 6.22. The molecule has 3 aromatic rings. The molecule has 0 amide bonds. The third-order valence-corrected chi connectivity index (χ3v) is 6.97. The van der Waals surface area contributed by atoms with Gasteiger partial charge in [-0.1, -0.05) is 37.5 Å². The van der Waals surface area contributed by atoms with E-state index in [0.717, 1.165) is 32.1 Å². The van der Waals surface area contributed by atoms with Gasteiger partial charge in [-0.15, -0.1) is 0 Å². The monoisotopic (exact) mass is 381 g/mol. The molecule has 0 aliphatic heterocycles. The van der Waals surface area contributed by atoms with Crippen LogP contribution in [0.3, 0.4) is 0 Å². The van der Waals surface area contributed by atoms with Crippen LogP contribution in [0.4, 0.5) is 5.82 Å². The van der Waals surface area contributed by atoms with Gasteiger partial charge in [0.1, 0.15) is 34.1 Å². The van der Waals surface area contributed by atoms with Crippen LogP contribution in [0.15, 0.2) is 46.5 Å². The number of aromatic nitrogens is 3.